The second-order valence-corrected chi connectivity index (χ2v) is 8.77. The van der Waals surface area contributed by atoms with Gasteiger partial charge in [-0.05, 0) is 55.0 Å². The van der Waals surface area contributed by atoms with E-state index in [1.807, 2.05) is 24.0 Å². The van der Waals surface area contributed by atoms with Crippen molar-refractivity contribution < 1.29 is 19.4 Å². The van der Waals surface area contributed by atoms with Crippen LogP contribution in [0.1, 0.15) is 46.8 Å². The minimum absolute atomic E-state index is 0. The Bertz CT molecular complexity index is 994. The first kappa shape index (κ1) is 26.0. The van der Waals surface area contributed by atoms with Gasteiger partial charge in [0.1, 0.15) is 5.75 Å². The van der Waals surface area contributed by atoms with Crippen LogP contribution in [-0.2, 0) is 24.2 Å². The lowest BCUT2D eigenvalue weighted by Crippen LogP contribution is -2.49. The van der Waals surface area contributed by atoms with Crippen LogP contribution in [0.4, 0.5) is 0 Å². The molecule has 0 saturated carbocycles. The molecule has 1 saturated heterocycles. The Morgan fingerprint density at radius 1 is 1.18 bits per heavy atom. The Morgan fingerprint density at radius 3 is 2.65 bits per heavy atom. The Kier molecular flexibility index (Phi) is 9.33. The number of carbonyl (C=O) groups excluding carboxylic acids is 2. The number of nitrogens with one attached hydrogen (secondary N) is 2. The molecule has 8 heteroatoms. The highest BCUT2D eigenvalue weighted by atomic mass is 35.5. The minimum atomic E-state index is -0.713. The van der Waals surface area contributed by atoms with Crippen molar-refractivity contribution in [3.8, 4) is 5.75 Å². The summed E-state index contributed by atoms with van der Waals surface area (Å²) in [6.45, 7) is 4.76. The number of hydrogen-bond donors (Lipinski definition) is 3. The summed E-state index contributed by atoms with van der Waals surface area (Å²) in [6.07, 6.45) is 2.43. The lowest BCUT2D eigenvalue weighted by atomic mass is 9.93. The van der Waals surface area contributed by atoms with Gasteiger partial charge in [-0.25, -0.2) is 0 Å². The van der Waals surface area contributed by atoms with Crippen molar-refractivity contribution in [3.05, 3.63) is 64.7 Å². The number of carbonyl (C=O) groups is 2. The smallest absolute Gasteiger partial charge is 0.255 e. The summed E-state index contributed by atoms with van der Waals surface area (Å²) < 4.78 is 5.71. The summed E-state index contributed by atoms with van der Waals surface area (Å²) in [5.74, 6) is 0.267. The molecule has 2 aliphatic heterocycles. The molecular formula is C26H34ClN3O4. The number of ether oxygens (including phenoxy) is 1. The Hall–Kier alpha value is -2.61. The number of halogens is 1. The third-order valence-corrected chi connectivity index (χ3v) is 6.45. The van der Waals surface area contributed by atoms with Gasteiger partial charge in [0, 0.05) is 32.2 Å². The van der Waals surface area contributed by atoms with Crippen molar-refractivity contribution in [1.29, 1.82) is 0 Å². The number of likely N-dealkylation sites (tertiary alicyclic amines) is 1. The molecule has 2 aromatic rings. The summed E-state index contributed by atoms with van der Waals surface area (Å²) in [5, 5.41) is 16.9. The molecule has 7 nitrogen and oxygen atoms in total. The highest BCUT2D eigenvalue weighted by molar-refractivity contribution is 5.97. The van der Waals surface area contributed by atoms with Gasteiger partial charge in [0.15, 0.2) is 0 Å². The molecule has 2 aliphatic rings. The average molecular weight is 488 g/mol. The van der Waals surface area contributed by atoms with E-state index in [-0.39, 0.29) is 36.8 Å². The lowest BCUT2D eigenvalue weighted by molar-refractivity contribution is -0.129. The van der Waals surface area contributed by atoms with Gasteiger partial charge in [-0.3, -0.25) is 9.59 Å². The topological polar surface area (TPSA) is 90.9 Å². The fraction of sp³-hybridized carbons (Fsp3) is 0.462. The van der Waals surface area contributed by atoms with Crippen LogP contribution >= 0.6 is 12.4 Å². The number of amides is 2. The zero-order valence-electron chi connectivity index (χ0n) is 19.6. The second kappa shape index (κ2) is 12.2. The number of nitrogens with zero attached hydrogens (tertiary/aromatic N) is 1. The highest BCUT2D eigenvalue weighted by Gasteiger charge is 2.25. The molecule has 0 radical (unpaired) electrons. The molecule has 2 amide bonds. The van der Waals surface area contributed by atoms with E-state index < -0.39 is 6.10 Å². The summed E-state index contributed by atoms with van der Waals surface area (Å²) >= 11 is 0. The molecule has 1 fully saturated rings. The molecule has 34 heavy (non-hydrogen) atoms. The maximum Gasteiger partial charge on any atom is 0.255 e. The van der Waals surface area contributed by atoms with Crippen LogP contribution in [0.15, 0.2) is 42.5 Å². The van der Waals surface area contributed by atoms with E-state index in [1.54, 1.807) is 18.2 Å². The van der Waals surface area contributed by atoms with Gasteiger partial charge in [0.05, 0.1) is 24.7 Å². The van der Waals surface area contributed by atoms with E-state index in [0.717, 1.165) is 37.9 Å². The van der Waals surface area contributed by atoms with Crippen molar-refractivity contribution in [3.63, 3.8) is 0 Å². The van der Waals surface area contributed by atoms with E-state index >= 15 is 0 Å². The van der Waals surface area contributed by atoms with Crippen LogP contribution in [0.3, 0.4) is 0 Å². The van der Waals surface area contributed by atoms with Crippen molar-refractivity contribution in [2.75, 3.05) is 26.2 Å². The molecule has 0 aromatic heterocycles. The molecule has 2 unspecified atom stereocenters. The molecular weight excluding hydrogens is 454 g/mol. The first-order valence-corrected chi connectivity index (χ1v) is 11.8. The van der Waals surface area contributed by atoms with E-state index in [9.17, 15) is 14.7 Å². The van der Waals surface area contributed by atoms with Gasteiger partial charge in [-0.15, -0.1) is 12.4 Å². The molecule has 3 N–H and O–H groups in total. The van der Waals surface area contributed by atoms with E-state index in [0.29, 0.717) is 30.9 Å². The Balaban J connectivity index is 0.00000324. The zero-order valence-corrected chi connectivity index (χ0v) is 20.4. The van der Waals surface area contributed by atoms with Crippen LogP contribution in [-0.4, -0.2) is 60.2 Å². The standard InChI is InChI=1S/C26H33N3O4.ClH/c1-2-33-24-13-18(14-25(31)29-11-5-6-12-29)9-10-21(24)26(32)28-17-23(30)22-15-19-7-3-4-8-20(19)16-27-22;/h3-4,7-10,13,22-23,27,30H,2,5-6,11-12,14-17H2,1H3,(H,28,32);1H. The van der Waals surface area contributed by atoms with Crippen molar-refractivity contribution >= 4 is 24.2 Å². The quantitative estimate of drug-likeness (QED) is 0.532. The molecule has 0 bridgehead atoms. The predicted octanol–water partition coefficient (Wildman–Crippen LogP) is 2.48. The number of fused-ring (bicyclic) bond motifs is 1. The van der Waals surface area contributed by atoms with Gasteiger partial charge >= 0.3 is 0 Å². The average Bonchev–Trinajstić information content (AvgIpc) is 3.38. The molecule has 184 valence electrons. The normalized spacial score (nSPS) is 17.9. The van der Waals surface area contributed by atoms with Crippen LogP contribution in [0.5, 0.6) is 5.75 Å². The lowest BCUT2D eigenvalue weighted by Gasteiger charge is -2.30. The zero-order chi connectivity index (χ0) is 23.2. The first-order chi connectivity index (χ1) is 16.0. The number of hydrogen-bond acceptors (Lipinski definition) is 5. The van der Waals surface area contributed by atoms with Gasteiger partial charge in [0.25, 0.3) is 5.91 Å². The van der Waals surface area contributed by atoms with Crippen LogP contribution < -0.4 is 15.4 Å². The molecule has 2 heterocycles. The number of aliphatic hydroxyl groups excluding tert-OH is 1. The molecule has 0 spiro atoms. The Morgan fingerprint density at radius 2 is 1.91 bits per heavy atom. The molecule has 0 aliphatic carbocycles. The summed E-state index contributed by atoms with van der Waals surface area (Å²) in [7, 11) is 0. The third kappa shape index (κ3) is 6.29. The molecule has 4 rings (SSSR count). The van der Waals surface area contributed by atoms with Gasteiger partial charge in [-0.2, -0.15) is 0 Å². The number of benzene rings is 2. The summed E-state index contributed by atoms with van der Waals surface area (Å²) in [6, 6.07) is 13.4. The fourth-order valence-electron chi connectivity index (χ4n) is 4.58. The van der Waals surface area contributed by atoms with Crippen molar-refractivity contribution in [2.45, 2.75) is 51.3 Å². The summed E-state index contributed by atoms with van der Waals surface area (Å²) in [5.41, 5.74) is 3.71. The first-order valence-electron chi connectivity index (χ1n) is 11.8. The van der Waals surface area contributed by atoms with Gasteiger partial charge < -0.3 is 25.4 Å². The predicted molar refractivity (Wildman–Crippen MR) is 133 cm³/mol. The molecule has 2 aromatic carbocycles. The van der Waals surface area contributed by atoms with Crippen LogP contribution in [0.25, 0.3) is 0 Å². The SMILES string of the molecule is CCOc1cc(CC(=O)N2CCCC2)ccc1C(=O)NCC(O)C1Cc2ccccc2CN1.Cl. The maximum atomic E-state index is 12.9. The van der Waals surface area contributed by atoms with E-state index in [1.165, 1.54) is 11.1 Å². The van der Waals surface area contributed by atoms with Crippen LogP contribution in [0.2, 0.25) is 0 Å². The minimum Gasteiger partial charge on any atom is -0.493 e. The fourth-order valence-corrected chi connectivity index (χ4v) is 4.58. The van der Waals surface area contributed by atoms with Crippen molar-refractivity contribution in [1.82, 2.24) is 15.5 Å². The largest absolute Gasteiger partial charge is 0.493 e. The highest BCUT2D eigenvalue weighted by Crippen LogP contribution is 2.23. The number of rotatable bonds is 8. The van der Waals surface area contributed by atoms with Crippen LogP contribution in [0, 0.1) is 0 Å². The van der Waals surface area contributed by atoms with Gasteiger partial charge in [-0.1, -0.05) is 30.3 Å². The summed E-state index contributed by atoms with van der Waals surface area (Å²) in [4.78, 5) is 27.2. The number of aliphatic hydroxyl groups is 1. The van der Waals surface area contributed by atoms with Crippen molar-refractivity contribution in [2.24, 2.45) is 0 Å². The van der Waals surface area contributed by atoms with E-state index in [4.69, 9.17) is 4.74 Å². The third-order valence-electron chi connectivity index (χ3n) is 6.45. The second-order valence-electron chi connectivity index (χ2n) is 8.77. The maximum absolute atomic E-state index is 12.9. The Labute approximate surface area is 207 Å². The van der Waals surface area contributed by atoms with E-state index in [2.05, 4.69) is 22.8 Å². The molecule has 2 atom stereocenters. The monoisotopic (exact) mass is 487 g/mol. The van der Waals surface area contributed by atoms with Gasteiger partial charge in [0.2, 0.25) is 5.91 Å².